The Morgan fingerprint density at radius 1 is 0.778 bits per heavy atom. The number of methoxy groups -OCH3 is 1. The zero-order chi connectivity index (χ0) is 18.7. The molecule has 3 aromatic carbocycles. The maximum atomic E-state index is 6.11. The van der Waals surface area contributed by atoms with E-state index in [0.29, 0.717) is 6.61 Å². The van der Waals surface area contributed by atoms with E-state index in [1.807, 2.05) is 30.3 Å². The second kappa shape index (κ2) is 10.4. The Labute approximate surface area is 162 Å². The fraction of sp³-hybridized carbons (Fsp3) is 0.250. The fourth-order valence-corrected chi connectivity index (χ4v) is 3.04. The third kappa shape index (κ3) is 5.87. The molecular weight excluding hydrogens is 334 g/mol. The molecule has 0 amide bonds. The van der Waals surface area contributed by atoms with Crippen LogP contribution in [0.2, 0.25) is 0 Å². The number of para-hydroxylation sites is 1. The van der Waals surface area contributed by atoms with Gasteiger partial charge in [-0.2, -0.15) is 0 Å². The summed E-state index contributed by atoms with van der Waals surface area (Å²) in [5, 5.41) is 3.53. The van der Waals surface area contributed by atoms with Crippen LogP contribution >= 0.6 is 0 Å². The summed E-state index contributed by atoms with van der Waals surface area (Å²) in [6, 6.07) is 26.8. The van der Waals surface area contributed by atoms with Crippen LogP contribution in [0.15, 0.2) is 78.9 Å². The van der Waals surface area contributed by atoms with Gasteiger partial charge in [-0.15, -0.1) is 0 Å². The molecule has 0 unspecified atom stereocenters. The lowest BCUT2D eigenvalue weighted by Gasteiger charge is -2.16. The molecule has 0 aromatic heterocycles. The van der Waals surface area contributed by atoms with E-state index >= 15 is 0 Å². The van der Waals surface area contributed by atoms with Gasteiger partial charge >= 0.3 is 0 Å². The van der Waals surface area contributed by atoms with Crippen molar-refractivity contribution >= 4 is 0 Å². The molecular formula is C24H27NO2. The average Bonchev–Trinajstić information content (AvgIpc) is 2.73. The van der Waals surface area contributed by atoms with Crippen LogP contribution in [0, 0.1) is 0 Å². The lowest BCUT2D eigenvalue weighted by atomic mass is 10.1. The first-order valence-corrected chi connectivity index (χ1v) is 9.44. The summed E-state index contributed by atoms with van der Waals surface area (Å²) in [6.45, 7) is 2.25. The Balaban J connectivity index is 1.54. The molecule has 0 fully saturated rings. The second-order valence-corrected chi connectivity index (χ2v) is 6.49. The molecule has 3 rings (SSSR count). The minimum Gasteiger partial charge on any atom is -0.493 e. The van der Waals surface area contributed by atoms with Gasteiger partial charge in [0.05, 0.1) is 7.11 Å². The number of hydrogen-bond donors (Lipinski definition) is 1. The van der Waals surface area contributed by atoms with E-state index in [1.54, 1.807) is 7.11 Å². The van der Waals surface area contributed by atoms with Gasteiger partial charge in [0, 0.05) is 12.1 Å². The molecule has 3 heteroatoms. The lowest BCUT2D eigenvalue weighted by molar-refractivity contribution is 0.280. The summed E-state index contributed by atoms with van der Waals surface area (Å²) in [5.41, 5.74) is 3.64. The summed E-state index contributed by atoms with van der Waals surface area (Å²) in [5.74, 6) is 1.59. The van der Waals surface area contributed by atoms with Crippen molar-refractivity contribution in [2.45, 2.75) is 26.0 Å². The highest BCUT2D eigenvalue weighted by Crippen LogP contribution is 2.31. The van der Waals surface area contributed by atoms with E-state index in [2.05, 4.69) is 53.8 Å². The van der Waals surface area contributed by atoms with Gasteiger partial charge in [0.1, 0.15) is 6.61 Å². The van der Waals surface area contributed by atoms with E-state index in [-0.39, 0.29) is 0 Å². The van der Waals surface area contributed by atoms with Crippen LogP contribution in [0.4, 0.5) is 0 Å². The van der Waals surface area contributed by atoms with Gasteiger partial charge in [0.15, 0.2) is 11.5 Å². The van der Waals surface area contributed by atoms with Gasteiger partial charge in [-0.3, -0.25) is 0 Å². The van der Waals surface area contributed by atoms with Crippen molar-refractivity contribution < 1.29 is 9.47 Å². The molecule has 3 aromatic rings. The molecule has 0 atom stereocenters. The first kappa shape index (κ1) is 19.0. The number of aryl methyl sites for hydroxylation is 1. The predicted octanol–water partition coefficient (Wildman–Crippen LogP) is 5.00. The van der Waals surface area contributed by atoms with Crippen molar-refractivity contribution in [3.05, 3.63) is 95.6 Å². The molecule has 0 heterocycles. The van der Waals surface area contributed by atoms with Crippen LogP contribution in [-0.4, -0.2) is 13.7 Å². The first-order chi connectivity index (χ1) is 13.4. The Morgan fingerprint density at radius 3 is 2.19 bits per heavy atom. The van der Waals surface area contributed by atoms with Crippen molar-refractivity contribution in [3.63, 3.8) is 0 Å². The van der Waals surface area contributed by atoms with E-state index < -0.39 is 0 Å². The van der Waals surface area contributed by atoms with Crippen molar-refractivity contribution in [3.8, 4) is 11.5 Å². The lowest BCUT2D eigenvalue weighted by Crippen LogP contribution is -2.16. The van der Waals surface area contributed by atoms with Crippen molar-refractivity contribution in [2.75, 3.05) is 13.7 Å². The highest BCUT2D eigenvalue weighted by molar-refractivity contribution is 5.46. The molecule has 0 radical (unpaired) electrons. The molecule has 27 heavy (non-hydrogen) atoms. The Bertz CT molecular complexity index is 803. The van der Waals surface area contributed by atoms with Gasteiger partial charge < -0.3 is 14.8 Å². The topological polar surface area (TPSA) is 30.5 Å². The van der Waals surface area contributed by atoms with Crippen LogP contribution in [-0.2, 0) is 19.6 Å². The minimum absolute atomic E-state index is 0.530. The third-order valence-electron chi connectivity index (χ3n) is 4.48. The smallest absolute Gasteiger partial charge is 0.166 e. The van der Waals surface area contributed by atoms with E-state index in [0.717, 1.165) is 48.6 Å². The zero-order valence-electron chi connectivity index (χ0n) is 15.9. The molecule has 1 N–H and O–H groups in total. The molecule has 0 aliphatic heterocycles. The number of benzene rings is 3. The molecule has 0 saturated heterocycles. The highest BCUT2D eigenvalue weighted by Gasteiger charge is 2.10. The number of hydrogen-bond acceptors (Lipinski definition) is 3. The van der Waals surface area contributed by atoms with Crippen LogP contribution in [0.25, 0.3) is 0 Å². The normalized spacial score (nSPS) is 10.6. The first-order valence-electron chi connectivity index (χ1n) is 9.44. The van der Waals surface area contributed by atoms with Gasteiger partial charge in [-0.1, -0.05) is 72.8 Å². The van der Waals surface area contributed by atoms with Gasteiger partial charge in [-0.05, 0) is 36.6 Å². The number of nitrogens with one attached hydrogen (secondary N) is 1. The third-order valence-corrected chi connectivity index (χ3v) is 4.48. The van der Waals surface area contributed by atoms with E-state index in [9.17, 15) is 0 Å². The van der Waals surface area contributed by atoms with Crippen LogP contribution in [0.3, 0.4) is 0 Å². The van der Waals surface area contributed by atoms with Crippen molar-refractivity contribution in [2.24, 2.45) is 0 Å². The molecule has 0 spiro atoms. The molecule has 0 bridgehead atoms. The Kier molecular flexibility index (Phi) is 7.31. The summed E-state index contributed by atoms with van der Waals surface area (Å²) < 4.78 is 11.6. The van der Waals surface area contributed by atoms with Crippen LogP contribution < -0.4 is 14.8 Å². The predicted molar refractivity (Wildman–Crippen MR) is 110 cm³/mol. The SMILES string of the molecule is COc1cccc(CNCCCc2ccccc2)c1OCc1ccccc1. The molecule has 0 aliphatic carbocycles. The van der Waals surface area contributed by atoms with Gasteiger partial charge in [0.2, 0.25) is 0 Å². The summed E-state index contributed by atoms with van der Waals surface area (Å²) in [7, 11) is 1.68. The molecule has 3 nitrogen and oxygen atoms in total. The summed E-state index contributed by atoms with van der Waals surface area (Å²) in [4.78, 5) is 0. The Hall–Kier alpha value is -2.78. The second-order valence-electron chi connectivity index (χ2n) is 6.49. The molecule has 0 saturated carbocycles. The summed E-state index contributed by atoms with van der Waals surface area (Å²) in [6.07, 6.45) is 2.19. The van der Waals surface area contributed by atoms with E-state index in [1.165, 1.54) is 5.56 Å². The van der Waals surface area contributed by atoms with Crippen molar-refractivity contribution in [1.29, 1.82) is 0 Å². The average molecular weight is 361 g/mol. The molecule has 0 aliphatic rings. The van der Waals surface area contributed by atoms with Gasteiger partial charge in [0.25, 0.3) is 0 Å². The summed E-state index contributed by atoms with van der Waals surface area (Å²) >= 11 is 0. The minimum atomic E-state index is 0.530. The zero-order valence-corrected chi connectivity index (χ0v) is 15.9. The monoisotopic (exact) mass is 361 g/mol. The number of ether oxygens (including phenoxy) is 2. The number of rotatable bonds is 10. The van der Waals surface area contributed by atoms with Crippen LogP contribution in [0.5, 0.6) is 11.5 Å². The Morgan fingerprint density at radius 2 is 1.48 bits per heavy atom. The van der Waals surface area contributed by atoms with Crippen molar-refractivity contribution in [1.82, 2.24) is 5.32 Å². The van der Waals surface area contributed by atoms with Crippen LogP contribution in [0.1, 0.15) is 23.1 Å². The van der Waals surface area contributed by atoms with Gasteiger partial charge in [-0.25, -0.2) is 0 Å². The maximum absolute atomic E-state index is 6.11. The van der Waals surface area contributed by atoms with E-state index in [4.69, 9.17) is 9.47 Å². The molecule has 140 valence electrons. The quantitative estimate of drug-likeness (QED) is 0.516. The largest absolute Gasteiger partial charge is 0.493 e. The maximum Gasteiger partial charge on any atom is 0.166 e. The highest BCUT2D eigenvalue weighted by atomic mass is 16.5. The standard InChI is InChI=1S/C24H27NO2/c1-26-23-16-8-15-22(24(23)27-19-21-12-6-3-7-13-21)18-25-17-9-14-20-10-4-2-5-11-20/h2-8,10-13,15-16,25H,9,14,17-19H2,1H3. The fourth-order valence-electron chi connectivity index (χ4n) is 3.04.